The van der Waals surface area contributed by atoms with E-state index in [9.17, 15) is 0 Å². The fourth-order valence-corrected chi connectivity index (χ4v) is 2.23. The van der Waals surface area contributed by atoms with Crippen LogP contribution in [0.3, 0.4) is 0 Å². The van der Waals surface area contributed by atoms with Crippen molar-refractivity contribution in [2.24, 2.45) is 0 Å². The highest BCUT2D eigenvalue weighted by Crippen LogP contribution is 2.31. The Kier molecular flexibility index (Phi) is 5.40. The van der Waals surface area contributed by atoms with E-state index in [2.05, 4.69) is 57.3 Å². The predicted molar refractivity (Wildman–Crippen MR) is 89.0 cm³/mol. The first-order valence-electron chi connectivity index (χ1n) is 7.66. The van der Waals surface area contributed by atoms with Gasteiger partial charge in [0, 0.05) is 18.2 Å². The van der Waals surface area contributed by atoms with E-state index in [-0.39, 0.29) is 0 Å². The van der Waals surface area contributed by atoms with E-state index in [1.807, 2.05) is 24.3 Å². The molecule has 0 fully saturated rings. The Bertz CT molecular complexity index is 575. The van der Waals surface area contributed by atoms with Crippen LogP contribution in [0.25, 0.3) is 0 Å². The second-order valence-corrected chi connectivity index (χ2v) is 5.94. The number of para-hydroxylation sites is 2. The summed E-state index contributed by atoms with van der Waals surface area (Å²) in [7, 11) is 0. The molecule has 1 N–H and O–H groups in total. The summed E-state index contributed by atoms with van der Waals surface area (Å²) in [4.78, 5) is 0. The summed E-state index contributed by atoms with van der Waals surface area (Å²) < 4.78 is 6.19. The molecular weight excluding hydrogens is 258 g/mol. The highest BCUT2D eigenvalue weighted by atomic mass is 16.5. The van der Waals surface area contributed by atoms with Crippen molar-refractivity contribution in [1.82, 2.24) is 5.32 Å². The first-order chi connectivity index (χ1) is 10.1. The SMILES string of the molecule is CC(C)NCc1ccccc1Oc1ccccc1C(C)C. The molecule has 2 aromatic rings. The van der Waals surface area contributed by atoms with Gasteiger partial charge in [0.25, 0.3) is 0 Å². The Morgan fingerprint density at radius 3 is 2.14 bits per heavy atom. The van der Waals surface area contributed by atoms with Gasteiger partial charge in [-0.3, -0.25) is 0 Å². The lowest BCUT2D eigenvalue weighted by Crippen LogP contribution is -2.22. The van der Waals surface area contributed by atoms with Crippen molar-refractivity contribution in [3.8, 4) is 11.5 Å². The number of hydrogen-bond acceptors (Lipinski definition) is 2. The molecule has 0 saturated carbocycles. The third-order valence-corrected chi connectivity index (χ3v) is 3.43. The van der Waals surface area contributed by atoms with Crippen molar-refractivity contribution in [1.29, 1.82) is 0 Å². The van der Waals surface area contributed by atoms with Gasteiger partial charge in [-0.2, -0.15) is 0 Å². The average molecular weight is 283 g/mol. The fraction of sp³-hybridized carbons (Fsp3) is 0.368. The number of rotatable bonds is 6. The Morgan fingerprint density at radius 1 is 0.857 bits per heavy atom. The minimum atomic E-state index is 0.446. The third kappa shape index (κ3) is 4.33. The lowest BCUT2D eigenvalue weighted by atomic mass is 10.0. The van der Waals surface area contributed by atoms with E-state index in [1.54, 1.807) is 0 Å². The van der Waals surface area contributed by atoms with Crippen molar-refractivity contribution in [3.63, 3.8) is 0 Å². The second kappa shape index (κ2) is 7.28. The summed E-state index contributed by atoms with van der Waals surface area (Å²) in [6.45, 7) is 9.50. The van der Waals surface area contributed by atoms with Crippen LogP contribution in [-0.2, 0) is 6.54 Å². The standard InChI is InChI=1S/C19H25NO/c1-14(2)17-10-6-8-12-19(17)21-18-11-7-5-9-16(18)13-20-15(3)4/h5-12,14-15,20H,13H2,1-4H3. The lowest BCUT2D eigenvalue weighted by molar-refractivity contribution is 0.461. The highest BCUT2D eigenvalue weighted by Gasteiger charge is 2.10. The van der Waals surface area contributed by atoms with Crippen LogP contribution in [0.1, 0.15) is 44.7 Å². The quantitative estimate of drug-likeness (QED) is 0.796. The van der Waals surface area contributed by atoms with Gasteiger partial charge in [0.05, 0.1) is 0 Å². The van der Waals surface area contributed by atoms with Crippen molar-refractivity contribution in [2.75, 3.05) is 0 Å². The molecule has 2 heteroatoms. The summed E-state index contributed by atoms with van der Waals surface area (Å²) in [5, 5.41) is 3.45. The summed E-state index contributed by atoms with van der Waals surface area (Å²) in [5.41, 5.74) is 2.42. The number of ether oxygens (including phenoxy) is 1. The van der Waals surface area contributed by atoms with Gasteiger partial charge in [0.2, 0.25) is 0 Å². The maximum Gasteiger partial charge on any atom is 0.131 e. The normalized spacial score (nSPS) is 11.1. The summed E-state index contributed by atoms with van der Waals surface area (Å²) in [6, 6.07) is 16.9. The van der Waals surface area contributed by atoms with Crippen LogP contribution in [0.4, 0.5) is 0 Å². The molecule has 2 nitrogen and oxygen atoms in total. The zero-order valence-electron chi connectivity index (χ0n) is 13.4. The summed E-state index contributed by atoms with van der Waals surface area (Å²) in [6.07, 6.45) is 0. The van der Waals surface area contributed by atoms with Gasteiger partial charge in [-0.15, -0.1) is 0 Å². The van der Waals surface area contributed by atoms with Crippen LogP contribution >= 0.6 is 0 Å². The Labute approximate surface area is 128 Å². The molecule has 0 unspecified atom stereocenters. The topological polar surface area (TPSA) is 21.3 Å². The van der Waals surface area contributed by atoms with Gasteiger partial charge in [0.15, 0.2) is 0 Å². The van der Waals surface area contributed by atoms with Gasteiger partial charge in [0.1, 0.15) is 11.5 Å². The van der Waals surface area contributed by atoms with Gasteiger partial charge < -0.3 is 10.1 Å². The van der Waals surface area contributed by atoms with E-state index in [0.29, 0.717) is 12.0 Å². The molecule has 0 spiro atoms. The monoisotopic (exact) mass is 283 g/mol. The zero-order chi connectivity index (χ0) is 15.2. The molecule has 0 aliphatic rings. The molecule has 0 saturated heterocycles. The fourth-order valence-electron chi connectivity index (χ4n) is 2.23. The minimum absolute atomic E-state index is 0.446. The van der Waals surface area contributed by atoms with E-state index in [0.717, 1.165) is 18.0 Å². The molecule has 0 aromatic heterocycles. The Morgan fingerprint density at radius 2 is 1.48 bits per heavy atom. The molecule has 0 radical (unpaired) electrons. The molecule has 0 bridgehead atoms. The van der Waals surface area contributed by atoms with Gasteiger partial charge in [-0.05, 0) is 23.6 Å². The van der Waals surface area contributed by atoms with Gasteiger partial charge >= 0.3 is 0 Å². The number of benzene rings is 2. The Balaban J connectivity index is 2.24. The maximum absolute atomic E-state index is 6.19. The second-order valence-electron chi connectivity index (χ2n) is 5.94. The first-order valence-corrected chi connectivity index (χ1v) is 7.66. The van der Waals surface area contributed by atoms with Crippen LogP contribution < -0.4 is 10.1 Å². The van der Waals surface area contributed by atoms with Gasteiger partial charge in [-0.1, -0.05) is 64.1 Å². The van der Waals surface area contributed by atoms with Crippen LogP contribution in [0.15, 0.2) is 48.5 Å². The van der Waals surface area contributed by atoms with Crippen LogP contribution in [0, 0.1) is 0 Å². The molecule has 0 heterocycles. The average Bonchev–Trinajstić information content (AvgIpc) is 2.46. The van der Waals surface area contributed by atoms with Crippen molar-refractivity contribution in [3.05, 3.63) is 59.7 Å². The van der Waals surface area contributed by atoms with E-state index in [4.69, 9.17) is 4.74 Å². The Hall–Kier alpha value is -1.80. The first kappa shape index (κ1) is 15.6. The van der Waals surface area contributed by atoms with Crippen molar-refractivity contribution >= 4 is 0 Å². The molecular formula is C19H25NO. The van der Waals surface area contributed by atoms with E-state index in [1.165, 1.54) is 11.1 Å². The van der Waals surface area contributed by atoms with Crippen LogP contribution in [0.2, 0.25) is 0 Å². The molecule has 112 valence electrons. The number of hydrogen-bond donors (Lipinski definition) is 1. The smallest absolute Gasteiger partial charge is 0.131 e. The van der Waals surface area contributed by atoms with Crippen LogP contribution in [0.5, 0.6) is 11.5 Å². The molecule has 0 atom stereocenters. The number of nitrogens with one attached hydrogen (secondary N) is 1. The maximum atomic E-state index is 6.19. The summed E-state index contributed by atoms with van der Waals surface area (Å²) >= 11 is 0. The van der Waals surface area contributed by atoms with Crippen molar-refractivity contribution < 1.29 is 4.74 Å². The predicted octanol–water partition coefficient (Wildman–Crippen LogP) is 5.10. The molecule has 0 amide bonds. The minimum Gasteiger partial charge on any atom is -0.457 e. The molecule has 2 aromatic carbocycles. The zero-order valence-corrected chi connectivity index (χ0v) is 13.4. The van der Waals surface area contributed by atoms with E-state index < -0.39 is 0 Å². The molecule has 21 heavy (non-hydrogen) atoms. The van der Waals surface area contributed by atoms with Crippen molar-refractivity contribution in [2.45, 2.75) is 46.2 Å². The van der Waals surface area contributed by atoms with Crippen LogP contribution in [-0.4, -0.2) is 6.04 Å². The highest BCUT2D eigenvalue weighted by molar-refractivity contribution is 5.42. The molecule has 0 aliphatic carbocycles. The largest absolute Gasteiger partial charge is 0.457 e. The third-order valence-electron chi connectivity index (χ3n) is 3.43. The summed E-state index contributed by atoms with van der Waals surface area (Å²) in [5.74, 6) is 2.32. The molecule has 2 rings (SSSR count). The van der Waals surface area contributed by atoms with Gasteiger partial charge in [-0.25, -0.2) is 0 Å². The lowest BCUT2D eigenvalue weighted by Gasteiger charge is -2.17. The van der Waals surface area contributed by atoms with E-state index >= 15 is 0 Å². The molecule has 0 aliphatic heterocycles.